The van der Waals surface area contributed by atoms with Crippen LogP contribution in [0.2, 0.25) is 0 Å². The second-order valence-electron chi connectivity index (χ2n) is 4.95. The van der Waals surface area contributed by atoms with Gasteiger partial charge in [0.1, 0.15) is 12.4 Å². The van der Waals surface area contributed by atoms with Crippen molar-refractivity contribution in [2.75, 3.05) is 0 Å². The Morgan fingerprint density at radius 2 is 2.05 bits per heavy atom. The summed E-state index contributed by atoms with van der Waals surface area (Å²) in [5.74, 6) is 0.904. The molecule has 2 aromatic rings. The van der Waals surface area contributed by atoms with Crippen LogP contribution < -0.4 is 10.5 Å². The first-order valence-electron chi connectivity index (χ1n) is 6.52. The van der Waals surface area contributed by atoms with E-state index < -0.39 is 0 Å². The number of aryl methyl sites for hydroxylation is 1. The summed E-state index contributed by atoms with van der Waals surface area (Å²) >= 11 is 0. The van der Waals surface area contributed by atoms with E-state index in [0.29, 0.717) is 6.61 Å². The summed E-state index contributed by atoms with van der Waals surface area (Å²) in [5, 5.41) is 0. The molecule has 0 fully saturated rings. The minimum absolute atomic E-state index is 0.130. The predicted octanol–water partition coefficient (Wildman–Crippen LogP) is 2.86. The smallest absolute Gasteiger partial charge is 0.123 e. The van der Waals surface area contributed by atoms with Crippen LogP contribution in [0.5, 0.6) is 5.75 Å². The second-order valence-corrected chi connectivity index (χ2v) is 4.95. The average Bonchev–Trinajstić information content (AvgIpc) is 2.37. The highest BCUT2D eigenvalue weighted by Crippen LogP contribution is 2.20. The quantitative estimate of drug-likeness (QED) is 0.894. The summed E-state index contributed by atoms with van der Waals surface area (Å²) in [4.78, 5) is 4.17. The van der Waals surface area contributed by atoms with Crippen molar-refractivity contribution in [1.29, 1.82) is 0 Å². The van der Waals surface area contributed by atoms with E-state index in [0.717, 1.165) is 28.9 Å². The summed E-state index contributed by atoms with van der Waals surface area (Å²) < 4.78 is 5.88. The Hall–Kier alpha value is -1.87. The van der Waals surface area contributed by atoms with Gasteiger partial charge in [0.05, 0.1) is 0 Å². The lowest BCUT2D eigenvalue weighted by Crippen LogP contribution is -2.18. The molecule has 0 saturated heterocycles. The van der Waals surface area contributed by atoms with E-state index in [1.807, 2.05) is 44.4 Å². The van der Waals surface area contributed by atoms with Gasteiger partial charge in [-0.05, 0) is 43.5 Å². The Balaban J connectivity index is 2.07. The predicted molar refractivity (Wildman–Crippen MR) is 77.1 cm³/mol. The molecule has 1 aromatic heterocycles. The summed E-state index contributed by atoms with van der Waals surface area (Å²) in [5.41, 5.74) is 9.23. The van der Waals surface area contributed by atoms with Gasteiger partial charge in [0, 0.05) is 24.0 Å². The van der Waals surface area contributed by atoms with Gasteiger partial charge in [-0.25, -0.2) is 0 Å². The highest BCUT2D eigenvalue weighted by Gasteiger charge is 2.05. The molecule has 0 bridgehead atoms. The molecule has 0 aliphatic carbocycles. The first-order chi connectivity index (χ1) is 9.15. The van der Waals surface area contributed by atoms with Crippen molar-refractivity contribution in [3.63, 3.8) is 0 Å². The third kappa shape index (κ3) is 4.07. The van der Waals surface area contributed by atoms with Gasteiger partial charge in [-0.3, -0.25) is 4.98 Å². The zero-order valence-corrected chi connectivity index (χ0v) is 11.5. The van der Waals surface area contributed by atoms with E-state index in [9.17, 15) is 0 Å². The van der Waals surface area contributed by atoms with Gasteiger partial charge in [-0.1, -0.05) is 18.2 Å². The number of nitrogens with zero attached hydrogens (tertiary/aromatic N) is 1. The number of rotatable bonds is 5. The number of para-hydroxylation sites is 1. The van der Waals surface area contributed by atoms with Crippen molar-refractivity contribution in [3.8, 4) is 5.75 Å². The topological polar surface area (TPSA) is 48.1 Å². The fraction of sp³-hybridized carbons (Fsp3) is 0.312. The lowest BCUT2D eigenvalue weighted by Gasteiger charge is -2.13. The van der Waals surface area contributed by atoms with Gasteiger partial charge in [0.15, 0.2) is 0 Å². The second kappa shape index (κ2) is 6.34. The Bertz CT molecular complexity index is 538. The third-order valence-electron chi connectivity index (χ3n) is 2.84. The van der Waals surface area contributed by atoms with Crippen molar-refractivity contribution in [3.05, 3.63) is 59.4 Å². The van der Waals surface area contributed by atoms with Crippen LogP contribution >= 0.6 is 0 Å². The Morgan fingerprint density at radius 1 is 1.26 bits per heavy atom. The summed E-state index contributed by atoms with van der Waals surface area (Å²) in [6, 6.07) is 10.3. The molecule has 1 heterocycles. The van der Waals surface area contributed by atoms with Crippen LogP contribution in [0, 0.1) is 6.92 Å². The van der Waals surface area contributed by atoms with Gasteiger partial charge in [0.2, 0.25) is 0 Å². The monoisotopic (exact) mass is 256 g/mol. The molecule has 0 radical (unpaired) electrons. The largest absolute Gasteiger partial charge is 0.489 e. The van der Waals surface area contributed by atoms with Crippen molar-refractivity contribution >= 4 is 0 Å². The van der Waals surface area contributed by atoms with Crippen molar-refractivity contribution < 1.29 is 4.74 Å². The molecule has 19 heavy (non-hydrogen) atoms. The fourth-order valence-corrected chi connectivity index (χ4v) is 2.02. The molecule has 100 valence electrons. The zero-order valence-electron chi connectivity index (χ0n) is 11.5. The van der Waals surface area contributed by atoms with Crippen LogP contribution in [0.25, 0.3) is 0 Å². The van der Waals surface area contributed by atoms with Crippen LogP contribution in [0.3, 0.4) is 0 Å². The Morgan fingerprint density at radius 3 is 2.79 bits per heavy atom. The fourth-order valence-electron chi connectivity index (χ4n) is 2.02. The maximum Gasteiger partial charge on any atom is 0.123 e. The molecule has 0 spiro atoms. The van der Waals surface area contributed by atoms with Gasteiger partial charge >= 0.3 is 0 Å². The molecule has 0 amide bonds. The van der Waals surface area contributed by atoms with Crippen LogP contribution in [-0.2, 0) is 13.0 Å². The number of aromatic nitrogens is 1. The highest BCUT2D eigenvalue weighted by atomic mass is 16.5. The van der Waals surface area contributed by atoms with E-state index in [1.165, 1.54) is 0 Å². The molecule has 1 unspecified atom stereocenters. The summed E-state index contributed by atoms with van der Waals surface area (Å²) in [6.45, 7) is 4.56. The Labute approximate surface area is 114 Å². The van der Waals surface area contributed by atoms with Crippen LogP contribution in [-0.4, -0.2) is 11.0 Å². The van der Waals surface area contributed by atoms with Gasteiger partial charge in [-0.15, -0.1) is 0 Å². The summed E-state index contributed by atoms with van der Waals surface area (Å²) in [7, 11) is 0. The minimum atomic E-state index is 0.130. The molecule has 1 aromatic carbocycles. The maximum atomic E-state index is 5.88. The number of nitrogens with two attached hydrogens (primary N) is 1. The Kier molecular flexibility index (Phi) is 4.53. The maximum absolute atomic E-state index is 5.88. The molecule has 0 saturated carbocycles. The SMILES string of the molecule is Cc1cncc(COc2ccccc2CC(C)N)c1. The molecule has 2 N–H and O–H groups in total. The zero-order chi connectivity index (χ0) is 13.7. The number of ether oxygens (including phenoxy) is 1. The first kappa shape index (κ1) is 13.6. The highest BCUT2D eigenvalue weighted by molar-refractivity contribution is 5.34. The van der Waals surface area contributed by atoms with Crippen LogP contribution in [0.4, 0.5) is 0 Å². The van der Waals surface area contributed by atoms with Crippen molar-refractivity contribution in [2.45, 2.75) is 32.9 Å². The van der Waals surface area contributed by atoms with E-state index in [4.69, 9.17) is 10.5 Å². The number of hydrogen-bond acceptors (Lipinski definition) is 3. The van der Waals surface area contributed by atoms with E-state index in [2.05, 4.69) is 17.1 Å². The average molecular weight is 256 g/mol. The lowest BCUT2D eigenvalue weighted by molar-refractivity contribution is 0.302. The van der Waals surface area contributed by atoms with Gasteiger partial charge in [-0.2, -0.15) is 0 Å². The first-order valence-corrected chi connectivity index (χ1v) is 6.52. The number of benzene rings is 1. The molecule has 3 heteroatoms. The molecule has 3 nitrogen and oxygen atoms in total. The minimum Gasteiger partial charge on any atom is -0.489 e. The molecule has 0 aliphatic rings. The van der Waals surface area contributed by atoms with E-state index >= 15 is 0 Å². The van der Waals surface area contributed by atoms with Gasteiger partial charge < -0.3 is 10.5 Å². The normalized spacial score (nSPS) is 12.2. The lowest BCUT2D eigenvalue weighted by atomic mass is 10.1. The number of hydrogen-bond donors (Lipinski definition) is 1. The molecule has 1 atom stereocenters. The summed E-state index contributed by atoms with van der Waals surface area (Å²) in [6.07, 6.45) is 4.50. The number of pyridine rings is 1. The van der Waals surface area contributed by atoms with E-state index in [-0.39, 0.29) is 6.04 Å². The van der Waals surface area contributed by atoms with Crippen molar-refractivity contribution in [1.82, 2.24) is 4.98 Å². The van der Waals surface area contributed by atoms with Crippen molar-refractivity contribution in [2.24, 2.45) is 5.73 Å². The molecular formula is C16H20N2O. The standard InChI is InChI=1S/C16H20N2O/c1-12-7-14(10-18-9-12)11-19-16-6-4-3-5-15(16)8-13(2)17/h3-7,9-10,13H,8,11,17H2,1-2H3. The van der Waals surface area contributed by atoms with E-state index in [1.54, 1.807) is 0 Å². The van der Waals surface area contributed by atoms with Crippen LogP contribution in [0.15, 0.2) is 42.7 Å². The molecule has 0 aliphatic heterocycles. The molecule has 2 rings (SSSR count). The van der Waals surface area contributed by atoms with Gasteiger partial charge in [0.25, 0.3) is 0 Å². The molecular weight excluding hydrogens is 236 g/mol. The third-order valence-corrected chi connectivity index (χ3v) is 2.84. The van der Waals surface area contributed by atoms with Crippen LogP contribution in [0.1, 0.15) is 23.6 Å².